The first-order valence-corrected chi connectivity index (χ1v) is 9.13. The van der Waals surface area contributed by atoms with Gasteiger partial charge in [-0.05, 0) is 44.4 Å². The van der Waals surface area contributed by atoms with E-state index in [1.165, 1.54) is 6.42 Å². The molecule has 0 unspecified atom stereocenters. The number of ether oxygens (including phenoxy) is 2. The van der Waals surface area contributed by atoms with E-state index in [1.807, 2.05) is 30.0 Å². The number of rotatable bonds is 7. The largest absolute Gasteiger partial charge is 0.493 e. The van der Waals surface area contributed by atoms with Gasteiger partial charge in [-0.3, -0.25) is 4.79 Å². The van der Waals surface area contributed by atoms with E-state index in [0.29, 0.717) is 42.7 Å². The number of hydrogen-bond donors (Lipinski definition) is 0. The molecule has 0 aliphatic carbocycles. The van der Waals surface area contributed by atoms with E-state index < -0.39 is 0 Å². The van der Waals surface area contributed by atoms with Gasteiger partial charge in [0.05, 0.1) is 13.7 Å². The number of nitrogens with zero attached hydrogens (tertiary/aromatic N) is 3. The highest BCUT2D eigenvalue weighted by Gasteiger charge is 2.18. The first-order chi connectivity index (χ1) is 12.7. The van der Waals surface area contributed by atoms with Crippen LogP contribution in [-0.2, 0) is 11.2 Å². The first kappa shape index (κ1) is 18.2. The first-order valence-electron chi connectivity index (χ1n) is 9.13. The van der Waals surface area contributed by atoms with Crippen molar-refractivity contribution in [1.29, 1.82) is 0 Å². The van der Waals surface area contributed by atoms with Gasteiger partial charge in [-0.1, -0.05) is 5.16 Å². The van der Waals surface area contributed by atoms with E-state index in [-0.39, 0.29) is 5.91 Å². The van der Waals surface area contributed by atoms with Crippen LogP contribution >= 0.6 is 0 Å². The van der Waals surface area contributed by atoms with E-state index in [4.69, 9.17) is 14.0 Å². The molecule has 0 radical (unpaired) electrons. The molecular formula is C19H25N3O4. The Bertz CT molecular complexity index is 738. The molecule has 0 spiro atoms. The van der Waals surface area contributed by atoms with E-state index >= 15 is 0 Å². The maximum Gasteiger partial charge on any atom is 0.227 e. The Balaban J connectivity index is 1.63. The Kier molecular flexibility index (Phi) is 6.09. The van der Waals surface area contributed by atoms with Crippen molar-refractivity contribution >= 4 is 5.91 Å². The van der Waals surface area contributed by atoms with Crippen LogP contribution in [0.25, 0.3) is 11.4 Å². The number of aryl methyl sites for hydroxylation is 1. The van der Waals surface area contributed by atoms with Gasteiger partial charge in [0.2, 0.25) is 17.6 Å². The lowest BCUT2D eigenvalue weighted by Crippen LogP contribution is -2.35. The van der Waals surface area contributed by atoms with Gasteiger partial charge in [0, 0.05) is 31.5 Å². The molecule has 3 rings (SSSR count). The number of likely N-dealkylation sites (tertiary alicyclic amines) is 1. The Morgan fingerprint density at radius 2 is 2.04 bits per heavy atom. The molecule has 0 atom stereocenters. The van der Waals surface area contributed by atoms with Crippen LogP contribution in [0.2, 0.25) is 0 Å². The molecule has 2 aromatic rings. The minimum atomic E-state index is 0.159. The highest BCUT2D eigenvalue weighted by atomic mass is 16.5. The Morgan fingerprint density at radius 3 is 2.77 bits per heavy atom. The van der Waals surface area contributed by atoms with E-state index in [9.17, 15) is 4.79 Å². The van der Waals surface area contributed by atoms with E-state index in [1.54, 1.807) is 7.11 Å². The molecule has 1 fully saturated rings. The summed E-state index contributed by atoms with van der Waals surface area (Å²) >= 11 is 0. The normalized spacial score (nSPS) is 14.3. The van der Waals surface area contributed by atoms with Crippen LogP contribution in [0.4, 0.5) is 0 Å². The third-order valence-electron chi connectivity index (χ3n) is 4.45. The zero-order valence-electron chi connectivity index (χ0n) is 15.4. The summed E-state index contributed by atoms with van der Waals surface area (Å²) in [7, 11) is 1.59. The summed E-state index contributed by atoms with van der Waals surface area (Å²) in [6, 6.07) is 5.51. The number of carbonyl (C=O) groups excluding carboxylic acids is 1. The summed E-state index contributed by atoms with van der Waals surface area (Å²) in [5.41, 5.74) is 0.780. The number of hydrogen-bond acceptors (Lipinski definition) is 6. The lowest BCUT2D eigenvalue weighted by atomic mass is 10.1. The molecule has 7 nitrogen and oxygen atoms in total. The minimum absolute atomic E-state index is 0.159. The van der Waals surface area contributed by atoms with Crippen molar-refractivity contribution in [3.63, 3.8) is 0 Å². The smallest absolute Gasteiger partial charge is 0.227 e. The Hall–Kier alpha value is -2.57. The topological polar surface area (TPSA) is 77.7 Å². The van der Waals surface area contributed by atoms with Gasteiger partial charge in [0.15, 0.2) is 11.5 Å². The summed E-state index contributed by atoms with van der Waals surface area (Å²) in [6.45, 7) is 4.21. The third-order valence-corrected chi connectivity index (χ3v) is 4.45. The summed E-state index contributed by atoms with van der Waals surface area (Å²) in [5.74, 6) is 2.41. The van der Waals surface area contributed by atoms with Crippen LogP contribution in [-0.4, -0.2) is 47.8 Å². The number of amides is 1. The highest BCUT2D eigenvalue weighted by molar-refractivity contribution is 5.76. The van der Waals surface area contributed by atoms with Gasteiger partial charge in [0.1, 0.15) is 0 Å². The zero-order chi connectivity index (χ0) is 18.4. The number of benzene rings is 1. The minimum Gasteiger partial charge on any atom is -0.493 e. The molecule has 0 bridgehead atoms. The second kappa shape index (κ2) is 8.69. The fraction of sp³-hybridized carbons (Fsp3) is 0.526. The maximum atomic E-state index is 12.2. The number of piperidine rings is 1. The average Bonchev–Trinajstić information content (AvgIpc) is 3.16. The molecule has 1 aliphatic rings. The van der Waals surface area contributed by atoms with Crippen molar-refractivity contribution in [2.45, 2.75) is 39.0 Å². The second-order valence-electron chi connectivity index (χ2n) is 6.25. The van der Waals surface area contributed by atoms with E-state index in [2.05, 4.69) is 10.1 Å². The quantitative estimate of drug-likeness (QED) is 0.756. The SMILES string of the molecule is CCOc1ccc(-c2noc(CCC(=O)N3CCCCC3)n2)cc1OC. The molecule has 1 amide bonds. The maximum absolute atomic E-state index is 12.2. The van der Waals surface area contributed by atoms with Crippen LogP contribution in [0.1, 0.15) is 38.5 Å². The fourth-order valence-corrected chi connectivity index (χ4v) is 3.07. The summed E-state index contributed by atoms with van der Waals surface area (Å²) in [5, 5.41) is 4.02. The molecule has 1 aromatic heterocycles. The van der Waals surface area contributed by atoms with Gasteiger partial charge in [0.25, 0.3) is 0 Å². The monoisotopic (exact) mass is 359 g/mol. The van der Waals surface area contributed by atoms with Crippen molar-refractivity contribution in [2.75, 3.05) is 26.8 Å². The van der Waals surface area contributed by atoms with Gasteiger partial charge in [-0.15, -0.1) is 0 Å². The van der Waals surface area contributed by atoms with Gasteiger partial charge >= 0.3 is 0 Å². The van der Waals surface area contributed by atoms with E-state index in [0.717, 1.165) is 31.5 Å². The predicted molar refractivity (Wildman–Crippen MR) is 96.2 cm³/mol. The fourth-order valence-electron chi connectivity index (χ4n) is 3.07. The van der Waals surface area contributed by atoms with Crippen LogP contribution in [0.3, 0.4) is 0 Å². The average molecular weight is 359 g/mol. The van der Waals surface area contributed by atoms with Gasteiger partial charge in [-0.2, -0.15) is 4.98 Å². The summed E-state index contributed by atoms with van der Waals surface area (Å²) < 4.78 is 16.2. The van der Waals surface area contributed by atoms with Gasteiger partial charge in [-0.25, -0.2) is 0 Å². The van der Waals surface area contributed by atoms with Crippen molar-refractivity contribution in [3.05, 3.63) is 24.1 Å². The Labute approximate surface area is 153 Å². The van der Waals surface area contributed by atoms with Crippen molar-refractivity contribution in [1.82, 2.24) is 15.0 Å². The molecular weight excluding hydrogens is 334 g/mol. The van der Waals surface area contributed by atoms with Crippen LogP contribution in [0.5, 0.6) is 11.5 Å². The molecule has 140 valence electrons. The van der Waals surface area contributed by atoms with Crippen LogP contribution < -0.4 is 9.47 Å². The van der Waals surface area contributed by atoms with Crippen LogP contribution in [0.15, 0.2) is 22.7 Å². The summed E-state index contributed by atoms with van der Waals surface area (Å²) in [4.78, 5) is 18.6. The predicted octanol–water partition coefficient (Wildman–Crippen LogP) is 3.09. The molecule has 1 aliphatic heterocycles. The van der Waals surface area contributed by atoms with Gasteiger partial charge < -0.3 is 18.9 Å². The summed E-state index contributed by atoms with van der Waals surface area (Å²) in [6.07, 6.45) is 4.25. The lowest BCUT2D eigenvalue weighted by molar-refractivity contribution is -0.132. The molecule has 1 aromatic carbocycles. The third kappa shape index (κ3) is 4.33. The standard InChI is InChI=1S/C19H25N3O4/c1-3-25-15-8-7-14(13-16(15)24-2)19-20-17(26-21-19)9-10-18(23)22-11-5-4-6-12-22/h7-8,13H,3-6,9-12H2,1-2H3. The Morgan fingerprint density at radius 1 is 1.23 bits per heavy atom. The molecule has 26 heavy (non-hydrogen) atoms. The van der Waals surface area contributed by atoms with Crippen molar-refractivity contribution < 1.29 is 18.8 Å². The molecule has 2 heterocycles. The second-order valence-corrected chi connectivity index (χ2v) is 6.25. The zero-order valence-corrected chi connectivity index (χ0v) is 15.4. The number of methoxy groups -OCH3 is 1. The molecule has 1 saturated heterocycles. The molecule has 0 N–H and O–H groups in total. The van der Waals surface area contributed by atoms with Crippen molar-refractivity contribution in [2.24, 2.45) is 0 Å². The van der Waals surface area contributed by atoms with Crippen molar-refractivity contribution in [3.8, 4) is 22.9 Å². The highest BCUT2D eigenvalue weighted by Crippen LogP contribution is 2.31. The molecule has 0 saturated carbocycles. The number of aromatic nitrogens is 2. The molecule has 7 heteroatoms. The number of carbonyl (C=O) groups is 1. The van der Waals surface area contributed by atoms with Crippen LogP contribution in [0, 0.1) is 0 Å². The lowest BCUT2D eigenvalue weighted by Gasteiger charge is -2.26.